The van der Waals surface area contributed by atoms with Crippen LogP contribution in [0.15, 0.2) is 47.6 Å². The number of nitro groups is 1. The van der Waals surface area contributed by atoms with Gasteiger partial charge in [-0.15, -0.1) is 0 Å². The molecule has 22 heavy (non-hydrogen) atoms. The SMILES string of the molecule is O=C(N/N=C/c1ccc(Cl)cc1)c1ccc([N+](=O)[O-])cc1Cl. The van der Waals surface area contributed by atoms with E-state index in [4.69, 9.17) is 23.2 Å². The molecule has 2 rings (SSSR count). The van der Waals surface area contributed by atoms with Crippen molar-refractivity contribution >= 4 is 41.0 Å². The molecule has 8 heteroatoms. The predicted octanol–water partition coefficient (Wildman–Crippen LogP) is 3.67. The highest BCUT2D eigenvalue weighted by Crippen LogP contribution is 2.22. The average Bonchev–Trinajstić information content (AvgIpc) is 2.49. The molecule has 0 radical (unpaired) electrons. The Hall–Kier alpha value is -2.44. The number of amides is 1. The number of carbonyl (C=O) groups excluding carboxylic acids is 1. The summed E-state index contributed by atoms with van der Waals surface area (Å²) in [4.78, 5) is 21.9. The standard InChI is InChI=1S/C14H9Cl2N3O3/c15-10-3-1-9(2-4-10)8-17-18-14(20)12-6-5-11(19(21)22)7-13(12)16/h1-8H,(H,18,20)/b17-8+. The van der Waals surface area contributed by atoms with E-state index in [-0.39, 0.29) is 16.3 Å². The Labute approximate surface area is 135 Å². The lowest BCUT2D eigenvalue weighted by molar-refractivity contribution is -0.384. The molecule has 2 aromatic carbocycles. The van der Waals surface area contributed by atoms with Gasteiger partial charge < -0.3 is 0 Å². The summed E-state index contributed by atoms with van der Waals surface area (Å²) in [5.41, 5.74) is 2.95. The lowest BCUT2D eigenvalue weighted by Gasteiger charge is -2.02. The van der Waals surface area contributed by atoms with Crippen LogP contribution in [0.2, 0.25) is 10.0 Å². The molecule has 0 saturated carbocycles. The van der Waals surface area contributed by atoms with Crippen LogP contribution in [-0.4, -0.2) is 17.0 Å². The van der Waals surface area contributed by atoms with Crippen LogP contribution in [0.4, 0.5) is 5.69 Å². The molecule has 0 fully saturated rings. The van der Waals surface area contributed by atoms with E-state index in [1.165, 1.54) is 18.3 Å². The van der Waals surface area contributed by atoms with Gasteiger partial charge in [0.05, 0.1) is 21.7 Å². The zero-order valence-corrected chi connectivity index (χ0v) is 12.5. The Morgan fingerprint density at radius 1 is 1.18 bits per heavy atom. The van der Waals surface area contributed by atoms with Gasteiger partial charge >= 0.3 is 0 Å². The van der Waals surface area contributed by atoms with Crippen molar-refractivity contribution in [2.75, 3.05) is 0 Å². The number of halogens is 2. The number of nitrogens with one attached hydrogen (secondary N) is 1. The van der Waals surface area contributed by atoms with Gasteiger partial charge in [-0.05, 0) is 23.8 Å². The molecule has 6 nitrogen and oxygen atoms in total. The molecule has 1 N–H and O–H groups in total. The maximum absolute atomic E-state index is 11.9. The van der Waals surface area contributed by atoms with Crippen molar-refractivity contribution in [2.45, 2.75) is 0 Å². The summed E-state index contributed by atoms with van der Waals surface area (Å²) in [5.74, 6) is -0.565. The molecule has 0 saturated heterocycles. The van der Waals surface area contributed by atoms with Gasteiger partial charge in [0.15, 0.2) is 0 Å². The number of non-ortho nitro benzene ring substituents is 1. The molecule has 1 amide bonds. The normalized spacial score (nSPS) is 10.6. The summed E-state index contributed by atoms with van der Waals surface area (Å²) >= 11 is 11.6. The number of hydrazone groups is 1. The highest BCUT2D eigenvalue weighted by Gasteiger charge is 2.14. The summed E-state index contributed by atoms with van der Waals surface area (Å²) in [6.07, 6.45) is 1.44. The third-order valence-electron chi connectivity index (χ3n) is 2.66. The van der Waals surface area contributed by atoms with Crippen molar-refractivity contribution < 1.29 is 9.72 Å². The maximum Gasteiger partial charge on any atom is 0.272 e. The Balaban J connectivity index is 2.06. The molecule has 0 aliphatic rings. The smallest absolute Gasteiger partial charge is 0.267 e. The molecule has 0 aliphatic carbocycles. The summed E-state index contributed by atoms with van der Waals surface area (Å²) < 4.78 is 0. The number of hydrogen-bond donors (Lipinski definition) is 1. The third-order valence-corrected chi connectivity index (χ3v) is 3.22. The molecule has 0 bridgehead atoms. The Bertz CT molecular complexity index is 745. The summed E-state index contributed by atoms with van der Waals surface area (Å²) in [6, 6.07) is 10.4. The molecule has 2 aromatic rings. The largest absolute Gasteiger partial charge is 0.272 e. The van der Waals surface area contributed by atoms with Crippen LogP contribution >= 0.6 is 23.2 Å². The number of nitrogens with zero attached hydrogens (tertiary/aromatic N) is 2. The van der Waals surface area contributed by atoms with Crippen LogP contribution < -0.4 is 5.43 Å². The molecule has 0 spiro atoms. The van der Waals surface area contributed by atoms with Gasteiger partial charge in [-0.25, -0.2) is 5.43 Å². The summed E-state index contributed by atoms with van der Waals surface area (Å²) in [7, 11) is 0. The molecule has 0 atom stereocenters. The molecule has 0 heterocycles. The van der Waals surface area contributed by atoms with Gasteiger partial charge in [0, 0.05) is 17.2 Å². The lowest BCUT2D eigenvalue weighted by atomic mass is 10.2. The molecule has 112 valence electrons. The van der Waals surface area contributed by atoms with Crippen LogP contribution in [0.25, 0.3) is 0 Å². The first-order valence-corrected chi connectivity index (χ1v) is 6.76. The summed E-state index contributed by atoms with van der Waals surface area (Å²) in [5, 5.41) is 15.0. The third kappa shape index (κ3) is 4.03. The van der Waals surface area contributed by atoms with Crippen molar-refractivity contribution in [1.29, 1.82) is 0 Å². The number of carbonyl (C=O) groups is 1. The minimum absolute atomic E-state index is 0.0200. The zero-order chi connectivity index (χ0) is 16.1. The second-order valence-corrected chi connectivity index (χ2v) is 5.02. The van der Waals surface area contributed by atoms with Crippen molar-refractivity contribution in [3.8, 4) is 0 Å². The van der Waals surface area contributed by atoms with Gasteiger partial charge in [-0.1, -0.05) is 35.3 Å². The van der Waals surface area contributed by atoms with Crippen LogP contribution in [0.3, 0.4) is 0 Å². The quantitative estimate of drug-likeness (QED) is 0.524. The van der Waals surface area contributed by atoms with E-state index in [2.05, 4.69) is 10.5 Å². The highest BCUT2D eigenvalue weighted by molar-refractivity contribution is 6.34. The van der Waals surface area contributed by atoms with E-state index in [1.807, 2.05) is 0 Å². The topological polar surface area (TPSA) is 84.6 Å². The van der Waals surface area contributed by atoms with E-state index in [0.29, 0.717) is 5.02 Å². The van der Waals surface area contributed by atoms with Crippen molar-refractivity contribution in [3.05, 3.63) is 73.8 Å². The van der Waals surface area contributed by atoms with Gasteiger partial charge in [0.2, 0.25) is 0 Å². The van der Waals surface area contributed by atoms with E-state index in [9.17, 15) is 14.9 Å². The number of rotatable bonds is 4. The van der Waals surface area contributed by atoms with Crippen molar-refractivity contribution in [1.82, 2.24) is 5.43 Å². The minimum Gasteiger partial charge on any atom is -0.267 e. The van der Waals surface area contributed by atoms with E-state index in [1.54, 1.807) is 24.3 Å². The van der Waals surface area contributed by atoms with Crippen molar-refractivity contribution in [3.63, 3.8) is 0 Å². The van der Waals surface area contributed by atoms with Gasteiger partial charge in [0.1, 0.15) is 0 Å². The van der Waals surface area contributed by atoms with Crippen molar-refractivity contribution in [2.24, 2.45) is 5.10 Å². The molecule has 0 aromatic heterocycles. The maximum atomic E-state index is 11.9. The highest BCUT2D eigenvalue weighted by atomic mass is 35.5. The van der Waals surface area contributed by atoms with Crippen LogP contribution in [0.5, 0.6) is 0 Å². The number of benzene rings is 2. The van der Waals surface area contributed by atoms with Gasteiger partial charge in [0.25, 0.3) is 11.6 Å². The average molecular weight is 338 g/mol. The molecular weight excluding hydrogens is 329 g/mol. The Morgan fingerprint density at radius 3 is 2.45 bits per heavy atom. The van der Waals surface area contributed by atoms with Gasteiger partial charge in [-0.2, -0.15) is 5.10 Å². The zero-order valence-electron chi connectivity index (χ0n) is 11.0. The monoisotopic (exact) mass is 337 g/mol. The Kier molecular flexibility index (Phi) is 5.08. The van der Waals surface area contributed by atoms with E-state index >= 15 is 0 Å². The van der Waals surface area contributed by atoms with Crippen LogP contribution in [0.1, 0.15) is 15.9 Å². The van der Waals surface area contributed by atoms with Gasteiger partial charge in [-0.3, -0.25) is 14.9 Å². The predicted molar refractivity (Wildman–Crippen MR) is 84.6 cm³/mol. The van der Waals surface area contributed by atoms with E-state index < -0.39 is 10.8 Å². The van der Waals surface area contributed by atoms with E-state index in [0.717, 1.165) is 11.6 Å². The molecule has 0 unspecified atom stereocenters. The second-order valence-electron chi connectivity index (χ2n) is 4.17. The fourth-order valence-electron chi connectivity index (χ4n) is 1.58. The molecular formula is C14H9Cl2N3O3. The van der Waals surface area contributed by atoms with Crippen LogP contribution in [0, 0.1) is 10.1 Å². The first kappa shape index (κ1) is 15.9. The lowest BCUT2D eigenvalue weighted by Crippen LogP contribution is -2.18. The Morgan fingerprint density at radius 2 is 1.86 bits per heavy atom. The molecule has 0 aliphatic heterocycles. The first-order valence-electron chi connectivity index (χ1n) is 6.00. The fraction of sp³-hybridized carbons (Fsp3) is 0. The number of nitro benzene ring substituents is 1. The van der Waals surface area contributed by atoms with Crippen LogP contribution in [-0.2, 0) is 0 Å². The number of hydrogen-bond acceptors (Lipinski definition) is 4. The first-order chi connectivity index (χ1) is 10.5. The summed E-state index contributed by atoms with van der Waals surface area (Å²) in [6.45, 7) is 0. The second kappa shape index (κ2) is 7.02. The minimum atomic E-state index is -0.591. The fourth-order valence-corrected chi connectivity index (χ4v) is 1.96.